The molecule has 0 radical (unpaired) electrons. The SMILES string of the molecule is Cc1cc(Nc2ccc(NC(=O)c3ccc(NS(C)(=O)=O)cc3)cc2)ncn1. The molecule has 0 saturated heterocycles. The molecule has 9 heteroatoms. The highest BCUT2D eigenvalue weighted by Gasteiger charge is 2.08. The second-order valence-electron chi connectivity index (χ2n) is 6.15. The van der Waals surface area contributed by atoms with Gasteiger partial charge in [-0.15, -0.1) is 0 Å². The minimum atomic E-state index is -3.35. The molecule has 0 aliphatic rings. The highest BCUT2D eigenvalue weighted by molar-refractivity contribution is 7.92. The quantitative estimate of drug-likeness (QED) is 0.589. The maximum Gasteiger partial charge on any atom is 0.255 e. The smallest absolute Gasteiger partial charge is 0.255 e. The van der Waals surface area contributed by atoms with Gasteiger partial charge in [0.05, 0.1) is 6.26 Å². The Hall–Kier alpha value is -3.46. The first kappa shape index (κ1) is 19.3. The van der Waals surface area contributed by atoms with Gasteiger partial charge in [0.25, 0.3) is 5.91 Å². The van der Waals surface area contributed by atoms with Crippen molar-refractivity contribution >= 4 is 38.8 Å². The molecule has 0 fully saturated rings. The predicted octanol–water partition coefficient (Wildman–Crippen LogP) is 3.15. The van der Waals surface area contributed by atoms with E-state index in [4.69, 9.17) is 0 Å². The minimum absolute atomic E-state index is 0.293. The third-order valence-electron chi connectivity index (χ3n) is 3.67. The molecule has 0 aliphatic heterocycles. The van der Waals surface area contributed by atoms with Crippen LogP contribution in [-0.2, 0) is 10.0 Å². The summed E-state index contributed by atoms with van der Waals surface area (Å²) < 4.78 is 24.8. The van der Waals surface area contributed by atoms with E-state index in [-0.39, 0.29) is 5.91 Å². The molecule has 1 amide bonds. The van der Waals surface area contributed by atoms with Gasteiger partial charge in [0.1, 0.15) is 12.1 Å². The van der Waals surface area contributed by atoms with Crippen LogP contribution in [0.15, 0.2) is 60.9 Å². The Morgan fingerprint density at radius 1 is 0.893 bits per heavy atom. The lowest BCUT2D eigenvalue weighted by Gasteiger charge is -2.09. The van der Waals surface area contributed by atoms with E-state index in [2.05, 4.69) is 25.3 Å². The van der Waals surface area contributed by atoms with E-state index in [9.17, 15) is 13.2 Å². The third-order valence-corrected chi connectivity index (χ3v) is 4.28. The molecular formula is C19H19N5O3S. The Labute approximate surface area is 163 Å². The molecule has 0 bridgehead atoms. The molecule has 3 N–H and O–H groups in total. The standard InChI is InChI=1S/C19H19N5O3S/c1-13-11-18(21-12-20-13)22-15-7-9-16(10-8-15)23-19(25)14-3-5-17(6-4-14)24-28(2,26)27/h3-12,24H,1-2H3,(H,23,25)(H,20,21,22). The maximum absolute atomic E-state index is 12.3. The van der Waals surface area contributed by atoms with Crippen LogP contribution in [-0.4, -0.2) is 30.5 Å². The third kappa shape index (κ3) is 5.52. The molecule has 8 nitrogen and oxygen atoms in total. The Morgan fingerprint density at radius 3 is 2.11 bits per heavy atom. The number of sulfonamides is 1. The summed E-state index contributed by atoms with van der Waals surface area (Å²) in [5.41, 5.74) is 3.13. The molecule has 3 aromatic rings. The van der Waals surface area contributed by atoms with Crippen molar-refractivity contribution in [3.8, 4) is 0 Å². The van der Waals surface area contributed by atoms with Gasteiger partial charge in [-0.05, 0) is 55.5 Å². The number of hydrogen-bond donors (Lipinski definition) is 3. The zero-order valence-electron chi connectivity index (χ0n) is 15.3. The van der Waals surface area contributed by atoms with Gasteiger partial charge in [-0.3, -0.25) is 9.52 Å². The molecule has 2 aromatic carbocycles. The van der Waals surface area contributed by atoms with E-state index in [1.165, 1.54) is 18.5 Å². The van der Waals surface area contributed by atoms with Crippen LogP contribution in [0.5, 0.6) is 0 Å². The monoisotopic (exact) mass is 397 g/mol. The van der Waals surface area contributed by atoms with Gasteiger partial charge in [0.2, 0.25) is 10.0 Å². The van der Waals surface area contributed by atoms with Crippen molar-refractivity contribution in [3.63, 3.8) is 0 Å². The van der Waals surface area contributed by atoms with Crippen molar-refractivity contribution in [2.75, 3.05) is 21.6 Å². The van der Waals surface area contributed by atoms with Crippen LogP contribution in [0.2, 0.25) is 0 Å². The summed E-state index contributed by atoms with van der Waals surface area (Å²) in [7, 11) is -3.35. The molecule has 1 aromatic heterocycles. The van der Waals surface area contributed by atoms with E-state index < -0.39 is 10.0 Å². The Kier molecular flexibility index (Phi) is 5.55. The summed E-state index contributed by atoms with van der Waals surface area (Å²) >= 11 is 0. The predicted molar refractivity (Wildman–Crippen MR) is 109 cm³/mol. The van der Waals surface area contributed by atoms with Crippen LogP contribution in [0.1, 0.15) is 16.1 Å². The first-order chi connectivity index (χ1) is 13.3. The summed E-state index contributed by atoms with van der Waals surface area (Å²) in [6.45, 7) is 1.88. The van der Waals surface area contributed by atoms with Crippen molar-refractivity contribution < 1.29 is 13.2 Å². The van der Waals surface area contributed by atoms with Crippen LogP contribution >= 0.6 is 0 Å². The van der Waals surface area contributed by atoms with E-state index in [0.29, 0.717) is 22.8 Å². The minimum Gasteiger partial charge on any atom is -0.340 e. The maximum atomic E-state index is 12.3. The highest BCUT2D eigenvalue weighted by atomic mass is 32.2. The zero-order valence-corrected chi connectivity index (χ0v) is 16.1. The lowest BCUT2D eigenvalue weighted by molar-refractivity contribution is 0.102. The number of carbonyl (C=O) groups is 1. The molecule has 0 spiro atoms. The average Bonchev–Trinajstić information content (AvgIpc) is 2.63. The van der Waals surface area contributed by atoms with E-state index >= 15 is 0 Å². The topological polar surface area (TPSA) is 113 Å². The summed E-state index contributed by atoms with van der Waals surface area (Å²) in [5.74, 6) is 0.394. The number of aryl methyl sites for hydroxylation is 1. The van der Waals surface area contributed by atoms with Crippen LogP contribution in [0.4, 0.5) is 22.9 Å². The molecule has 0 unspecified atom stereocenters. The first-order valence-electron chi connectivity index (χ1n) is 8.33. The lowest BCUT2D eigenvalue weighted by atomic mass is 10.2. The van der Waals surface area contributed by atoms with E-state index in [1.807, 2.05) is 25.1 Å². The molecule has 0 atom stereocenters. The normalized spacial score (nSPS) is 10.9. The number of nitrogens with zero attached hydrogens (tertiary/aromatic N) is 2. The highest BCUT2D eigenvalue weighted by Crippen LogP contribution is 2.19. The molecule has 144 valence electrons. The van der Waals surface area contributed by atoms with Crippen molar-refractivity contribution in [1.82, 2.24) is 9.97 Å². The van der Waals surface area contributed by atoms with Gasteiger partial charge in [0, 0.05) is 34.4 Å². The molecule has 1 heterocycles. The van der Waals surface area contributed by atoms with Crippen LogP contribution < -0.4 is 15.4 Å². The second kappa shape index (κ2) is 8.05. The molecule has 0 saturated carbocycles. The van der Waals surface area contributed by atoms with Gasteiger partial charge < -0.3 is 10.6 Å². The fourth-order valence-corrected chi connectivity index (χ4v) is 2.98. The number of hydrogen-bond acceptors (Lipinski definition) is 6. The molecule has 0 aliphatic carbocycles. The number of rotatable bonds is 6. The summed E-state index contributed by atoms with van der Waals surface area (Å²) in [4.78, 5) is 20.5. The van der Waals surface area contributed by atoms with Gasteiger partial charge in [-0.2, -0.15) is 0 Å². The van der Waals surface area contributed by atoms with Crippen LogP contribution in [0, 0.1) is 6.92 Å². The van der Waals surface area contributed by atoms with E-state index in [1.54, 1.807) is 24.3 Å². The largest absolute Gasteiger partial charge is 0.340 e. The number of nitrogens with one attached hydrogen (secondary N) is 3. The number of carbonyl (C=O) groups excluding carboxylic acids is 1. The first-order valence-corrected chi connectivity index (χ1v) is 10.2. The van der Waals surface area contributed by atoms with Gasteiger partial charge >= 0.3 is 0 Å². The van der Waals surface area contributed by atoms with Crippen molar-refractivity contribution in [3.05, 3.63) is 72.2 Å². The summed E-state index contributed by atoms with van der Waals surface area (Å²) in [6, 6.07) is 15.2. The van der Waals surface area contributed by atoms with E-state index in [0.717, 1.165) is 17.6 Å². The fourth-order valence-electron chi connectivity index (χ4n) is 2.41. The fraction of sp³-hybridized carbons (Fsp3) is 0.105. The number of amides is 1. The average molecular weight is 397 g/mol. The van der Waals surface area contributed by atoms with Crippen LogP contribution in [0.3, 0.4) is 0 Å². The van der Waals surface area contributed by atoms with Gasteiger partial charge in [-0.1, -0.05) is 0 Å². The molecular weight excluding hydrogens is 378 g/mol. The van der Waals surface area contributed by atoms with Crippen molar-refractivity contribution in [1.29, 1.82) is 0 Å². The Morgan fingerprint density at radius 2 is 1.50 bits per heavy atom. The van der Waals surface area contributed by atoms with Gasteiger partial charge in [-0.25, -0.2) is 18.4 Å². The molecule has 3 rings (SSSR count). The summed E-state index contributed by atoms with van der Waals surface area (Å²) in [5, 5.41) is 5.96. The molecule has 28 heavy (non-hydrogen) atoms. The number of aromatic nitrogens is 2. The van der Waals surface area contributed by atoms with Crippen LogP contribution in [0.25, 0.3) is 0 Å². The van der Waals surface area contributed by atoms with Crippen molar-refractivity contribution in [2.45, 2.75) is 6.92 Å². The second-order valence-corrected chi connectivity index (χ2v) is 7.90. The van der Waals surface area contributed by atoms with Crippen molar-refractivity contribution in [2.24, 2.45) is 0 Å². The zero-order chi connectivity index (χ0) is 20.1. The Balaban J connectivity index is 1.62. The Bertz CT molecular complexity index is 1080. The number of benzene rings is 2. The summed E-state index contributed by atoms with van der Waals surface area (Å²) in [6.07, 6.45) is 2.56. The number of anilines is 4. The lowest BCUT2D eigenvalue weighted by Crippen LogP contribution is -2.13. The van der Waals surface area contributed by atoms with Gasteiger partial charge in [0.15, 0.2) is 0 Å².